The molecule has 0 radical (unpaired) electrons. The van der Waals surface area contributed by atoms with Crippen LogP contribution in [0.2, 0.25) is 0 Å². The van der Waals surface area contributed by atoms with Gasteiger partial charge >= 0.3 is 12.2 Å². The van der Waals surface area contributed by atoms with E-state index in [0.29, 0.717) is 6.54 Å². The first kappa shape index (κ1) is 26.6. The number of benzene rings is 4. The van der Waals surface area contributed by atoms with E-state index in [1.54, 1.807) is 0 Å². The van der Waals surface area contributed by atoms with Crippen LogP contribution >= 0.6 is 0 Å². The Hall–Kier alpha value is -4.04. The Morgan fingerprint density at radius 3 is 2.49 bits per heavy atom. The van der Waals surface area contributed by atoms with Crippen molar-refractivity contribution in [2.45, 2.75) is 25.1 Å². The van der Waals surface area contributed by atoms with Crippen molar-refractivity contribution in [3.05, 3.63) is 108 Å². The molecule has 5 nitrogen and oxygen atoms in total. The molecule has 5 rings (SSSR count). The molecular weight excluding hydrogens is 503 g/mol. The first-order chi connectivity index (χ1) is 18.9. The minimum absolute atomic E-state index is 0.0406. The molecule has 1 aliphatic heterocycles. The van der Waals surface area contributed by atoms with Gasteiger partial charge < -0.3 is 20.7 Å². The summed E-state index contributed by atoms with van der Waals surface area (Å²) >= 11 is 0. The molecule has 0 saturated carbocycles. The SMILES string of the molecule is O=C(NCC1CNCCC1c1ccc(COc2ccccc2C(F)(F)F)cc1)Nc1cccc2ccccc12. The molecule has 1 aliphatic rings. The van der Waals surface area contributed by atoms with Crippen molar-refractivity contribution in [2.24, 2.45) is 5.92 Å². The maximum absolute atomic E-state index is 13.2. The predicted molar refractivity (Wildman–Crippen MR) is 147 cm³/mol. The van der Waals surface area contributed by atoms with E-state index >= 15 is 0 Å². The summed E-state index contributed by atoms with van der Waals surface area (Å²) in [5.41, 5.74) is 1.90. The van der Waals surface area contributed by atoms with Gasteiger partial charge in [-0.05, 0) is 59.5 Å². The van der Waals surface area contributed by atoms with E-state index in [1.165, 1.54) is 18.2 Å². The number of rotatable bonds is 7. The maximum atomic E-state index is 13.2. The van der Waals surface area contributed by atoms with Crippen LogP contribution in [0.5, 0.6) is 5.75 Å². The summed E-state index contributed by atoms with van der Waals surface area (Å²) in [6, 6.07) is 26.5. The lowest BCUT2D eigenvalue weighted by molar-refractivity contribution is -0.139. The fourth-order valence-electron chi connectivity index (χ4n) is 5.15. The summed E-state index contributed by atoms with van der Waals surface area (Å²) in [5, 5.41) is 11.5. The highest BCUT2D eigenvalue weighted by molar-refractivity contribution is 6.01. The van der Waals surface area contributed by atoms with Gasteiger partial charge in [-0.3, -0.25) is 0 Å². The number of amides is 2. The van der Waals surface area contributed by atoms with Crippen LogP contribution in [0.3, 0.4) is 0 Å². The number of para-hydroxylation sites is 1. The largest absolute Gasteiger partial charge is 0.488 e. The number of hydrogen-bond acceptors (Lipinski definition) is 3. The van der Waals surface area contributed by atoms with Crippen LogP contribution in [0.15, 0.2) is 91.0 Å². The van der Waals surface area contributed by atoms with Gasteiger partial charge in [-0.1, -0.05) is 72.8 Å². The monoisotopic (exact) mass is 533 g/mol. The third-order valence-electron chi connectivity index (χ3n) is 7.16. The molecule has 1 saturated heterocycles. The van der Waals surface area contributed by atoms with E-state index in [9.17, 15) is 18.0 Å². The van der Waals surface area contributed by atoms with Gasteiger partial charge in [-0.2, -0.15) is 13.2 Å². The Morgan fingerprint density at radius 1 is 0.923 bits per heavy atom. The number of halogens is 3. The summed E-state index contributed by atoms with van der Waals surface area (Å²) in [6.07, 6.45) is -3.55. The van der Waals surface area contributed by atoms with Crippen LogP contribution in [-0.4, -0.2) is 25.7 Å². The lowest BCUT2D eigenvalue weighted by atomic mass is 9.81. The number of alkyl halides is 3. The molecule has 2 atom stereocenters. The minimum atomic E-state index is -4.47. The van der Waals surface area contributed by atoms with Gasteiger partial charge in [0.2, 0.25) is 0 Å². The molecule has 2 amide bonds. The zero-order valence-corrected chi connectivity index (χ0v) is 21.3. The Labute approximate surface area is 225 Å². The molecule has 39 heavy (non-hydrogen) atoms. The molecule has 0 aromatic heterocycles. The van der Waals surface area contributed by atoms with Crippen LogP contribution in [0.25, 0.3) is 10.8 Å². The molecule has 1 fully saturated rings. The van der Waals surface area contributed by atoms with E-state index in [1.807, 2.05) is 66.7 Å². The number of piperidine rings is 1. The lowest BCUT2D eigenvalue weighted by Gasteiger charge is -2.33. The van der Waals surface area contributed by atoms with Crippen LogP contribution < -0.4 is 20.7 Å². The van der Waals surface area contributed by atoms with Crippen LogP contribution in [0, 0.1) is 5.92 Å². The first-order valence-electron chi connectivity index (χ1n) is 13.0. The second-order valence-corrected chi connectivity index (χ2v) is 9.75. The summed E-state index contributed by atoms with van der Waals surface area (Å²) in [6.45, 7) is 2.20. The van der Waals surface area contributed by atoms with Crippen molar-refractivity contribution in [1.29, 1.82) is 0 Å². The fraction of sp³-hybridized carbons (Fsp3) is 0.258. The van der Waals surface area contributed by atoms with E-state index in [4.69, 9.17) is 4.74 Å². The van der Waals surface area contributed by atoms with Gasteiger partial charge in [0.15, 0.2) is 0 Å². The van der Waals surface area contributed by atoms with E-state index in [-0.39, 0.29) is 30.2 Å². The van der Waals surface area contributed by atoms with Crippen LogP contribution in [0.4, 0.5) is 23.7 Å². The number of nitrogens with one attached hydrogen (secondary N) is 3. The van der Waals surface area contributed by atoms with E-state index in [2.05, 4.69) is 16.0 Å². The van der Waals surface area contributed by atoms with Gasteiger partial charge in [0.1, 0.15) is 12.4 Å². The topological polar surface area (TPSA) is 62.4 Å². The van der Waals surface area contributed by atoms with Crippen molar-refractivity contribution in [3.63, 3.8) is 0 Å². The molecule has 4 aromatic rings. The number of hydrogen-bond donors (Lipinski definition) is 3. The van der Waals surface area contributed by atoms with Gasteiger partial charge in [-0.25, -0.2) is 4.79 Å². The average Bonchev–Trinajstić information content (AvgIpc) is 2.95. The van der Waals surface area contributed by atoms with Gasteiger partial charge in [0.25, 0.3) is 0 Å². The van der Waals surface area contributed by atoms with Crippen molar-refractivity contribution in [2.75, 3.05) is 25.0 Å². The fourth-order valence-corrected chi connectivity index (χ4v) is 5.15. The Kier molecular flexibility index (Phi) is 8.02. The molecule has 8 heteroatoms. The second kappa shape index (κ2) is 11.8. The quantitative estimate of drug-likeness (QED) is 0.241. The standard InChI is InChI=1S/C31H30F3N3O2/c32-31(33,34)27-9-3-4-11-29(27)39-20-21-12-14-23(15-13-21)25-16-17-35-18-24(25)19-36-30(38)37-28-10-5-7-22-6-1-2-8-26(22)28/h1-15,24-25,35H,16-20H2,(H2,36,37,38). The predicted octanol–water partition coefficient (Wildman–Crippen LogP) is 6.95. The third kappa shape index (κ3) is 6.52. The Balaban J connectivity index is 1.19. The van der Waals surface area contributed by atoms with Crippen molar-refractivity contribution >= 4 is 22.5 Å². The summed E-state index contributed by atoms with van der Waals surface area (Å²) in [4.78, 5) is 12.7. The maximum Gasteiger partial charge on any atom is 0.419 e. The molecule has 1 heterocycles. The average molecular weight is 534 g/mol. The molecule has 0 spiro atoms. The summed E-state index contributed by atoms with van der Waals surface area (Å²) in [7, 11) is 0. The van der Waals surface area contributed by atoms with Crippen LogP contribution in [-0.2, 0) is 12.8 Å². The van der Waals surface area contributed by atoms with Crippen molar-refractivity contribution < 1.29 is 22.7 Å². The Morgan fingerprint density at radius 2 is 1.67 bits per heavy atom. The molecule has 202 valence electrons. The van der Waals surface area contributed by atoms with Gasteiger partial charge in [0, 0.05) is 18.5 Å². The number of carbonyl (C=O) groups is 1. The number of ether oxygens (including phenoxy) is 1. The third-order valence-corrected chi connectivity index (χ3v) is 7.16. The number of fused-ring (bicyclic) bond motifs is 1. The second-order valence-electron chi connectivity index (χ2n) is 9.75. The number of anilines is 1. The summed E-state index contributed by atoms with van der Waals surface area (Å²) < 4.78 is 45.2. The molecule has 0 bridgehead atoms. The van der Waals surface area contributed by atoms with E-state index in [0.717, 1.165) is 53.2 Å². The van der Waals surface area contributed by atoms with Crippen molar-refractivity contribution in [3.8, 4) is 5.75 Å². The zero-order valence-electron chi connectivity index (χ0n) is 21.3. The highest BCUT2D eigenvalue weighted by atomic mass is 19.4. The smallest absolute Gasteiger partial charge is 0.419 e. The minimum Gasteiger partial charge on any atom is -0.488 e. The molecule has 2 unspecified atom stereocenters. The molecular formula is C31H30F3N3O2. The normalized spacial score (nSPS) is 17.5. The first-order valence-corrected chi connectivity index (χ1v) is 13.0. The molecule has 3 N–H and O–H groups in total. The molecule has 4 aromatic carbocycles. The van der Waals surface area contributed by atoms with Crippen molar-refractivity contribution in [1.82, 2.24) is 10.6 Å². The lowest BCUT2D eigenvalue weighted by Crippen LogP contribution is -2.43. The zero-order chi connectivity index (χ0) is 27.2. The number of urea groups is 1. The highest BCUT2D eigenvalue weighted by Gasteiger charge is 2.34. The number of carbonyl (C=O) groups excluding carboxylic acids is 1. The van der Waals surface area contributed by atoms with Gasteiger partial charge in [-0.15, -0.1) is 0 Å². The van der Waals surface area contributed by atoms with E-state index < -0.39 is 11.7 Å². The highest BCUT2D eigenvalue weighted by Crippen LogP contribution is 2.36. The van der Waals surface area contributed by atoms with Gasteiger partial charge in [0.05, 0.1) is 11.3 Å². The van der Waals surface area contributed by atoms with Crippen LogP contribution in [0.1, 0.15) is 29.0 Å². The molecule has 0 aliphatic carbocycles. The summed E-state index contributed by atoms with van der Waals surface area (Å²) in [5.74, 6) is 0.253. The Bertz CT molecular complexity index is 1420.